The van der Waals surface area contributed by atoms with Crippen molar-refractivity contribution in [2.75, 3.05) is 5.73 Å². The lowest BCUT2D eigenvalue weighted by Gasteiger charge is -2.05. The van der Waals surface area contributed by atoms with Gasteiger partial charge in [0.25, 0.3) is 11.7 Å². The Morgan fingerprint density at radius 3 is 2.57 bits per heavy atom. The molecule has 0 aliphatic heterocycles. The van der Waals surface area contributed by atoms with Crippen molar-refractivity contribution in [1.29, 1.82) is 0 Å². The minimum absolute atomic E-state index is 0.534. The molecule has 0 aliphatic carbocycles. The van der Waals surface area contributed by atoms with Crippen LogP contribution in [0.1, 0.15) is 22.5 Å². The van der Waals surface area contributed by atoms with Crippen LogP contribution in [0.25, 0.3) is 0 Å². The van der Waals surface area contributed by atoms with Gasteiger partial charge >= 0.3 is 0 Å². The van der Waals surface area contributed by atoms with Gasteiger partial charge in [-0.15, -0.1) is 0 Å². The van der Waals surface area contributed by atoms with Gasteiger partial charge in [-0.05, 0) is 11.6 Å². The van der Waals surface area contributed by atoms with Crippen LogP contribution in [-0.2, 0) is 0 Å². The van der Waals surface area contributed by atoms with E-state index in [9.17, 15) is 18.0 Å². The molecule has 14 heavy (non-hydrogen) atoms. The molecule has 3 nitrogen and oxygen atoms in total. The molecule has 0 amide bonds. The van der Waals surface area contributed by atoms with Gasteiger partial charge in [0.1, 0.15) is 5.69 Å². The summed E-state index contributed by atoms with van der Waals surface area (Å²) in [6.45, 7) is 0. The van der Waals surface area contributed by atoms with Gasteiger partial charge in [-0.25, -0.2) is 18.2 Å². The van der Waals surface area contributed by atoms with Crippen molar-refractivity contribution >= 4 is 22.5 Å². The van der Waals surface area contributed by atoms with Gasteiger partial charge in [-0.2, -0.15) is 0 Å². The first-order valence-electron chi connectivity index (χ1n) is 3.37. The maximum absolute atomic E-state index is 13.0. The fraction of sp³-hybridized carbons (Fsp3) is 0.143. The van der Waals surface area contributed by atoms with Crippen molar-refractivity contribution in [1.82, 2.24) is 4.98 Å². The molecule has 2 N–H and O–H groups in total. The Labute approximate surface area is 81.7 Å². The number of aromatic nitrogens is 1. The number of rotatable bonds is 2. The number of hydrogen-bond donors (Lipinski definition) is 1. The van der Waals surface area contributed by atoms with Gasteiger partial charge < -0.3 is 5.73 Å². The van der Waals surface area contributed by atoms with E-state index < -0.39 is 34.4 Å². The van der Waals surface area contributed by atoms with Gasteiger partial charge in [0.05, 0.1) is 11.3 Å². The zero-order chi connectivity index (χ0) is 10.9. The van der Waals surface area contributed by atoms with E-state index in [4.69, 9.17) is 17.3 Å². The summed E-state index contributed by atoms with van der Waals surface area (Å²) < 4.78 is 37.2. The molecule has 76 valence electrons. The number of anilines is 1. The molecule has 0 bridgehead atoms. The van der Waals surface area contributed by atoms with Crippen molar-refractivity contribution < 1.29 is 18.0 Å². The third-order valence-corrected chi connectivity index (χ3v) is 1.68. The molecule has 0 saturated carbocycles. The summed E-state index contributed by atoms with van der Waals surface area (Å²) in [7, 11) is 0. The molecule has 0 unspecified atom stereocenters. The summed E-state index contributed by atoms with van der Waals surface area (Å²) >= 11 is 4.98. The summed E-state index contributed by atoms with van der Waals surface area (Å²) in [4.78, 5) is 13.8. The van der Waals surface area contributed by atoms with Gasteiger partial charge in [0, 0.05) is 6.20 Å². The van der Waals surface area contributed by atoms with Crippen molar-refractivity contribution in [3.05, 3.63) is 23.3 Å². The largest absolute Gasteiger partial charge is 0.394 e. The van der Waals surface area contributed by atoms with Crippen LogP contribution in [0.2, 0.25) is 0 Å². The molecule has 1 aromatic rings. The highest BCUT2D eigenvalue weighted by molar-refractivity contribution is 6.68. The molecule has 7 heteroatoms. The zero-order valence-corrected chi connectivity index (χ0v) is 7.36. The Balaban J connectivity index is 3.33. The van der Waals surface area contributed by atoms with Gasteiger partial charge in [0.2, 0.25) is 0 Å². The van der Waals surface area contributed by atoms with E-state index in [0.29, 0.717) is 6.20 Å². The van der Waals surface area contributed by atoms with Gasteiger partial charge in [-0.1, -0.05) is 0 Å². The van der Waals surface area contributed by atoms with E-state index in [0.717, 1.165) is 0 Å². The number of carbonyl (C=O) groups excluding carboxylic acids is 1. The zero-order valence-electron chi connectivity index (χ0n) is 6.60. The molecular weight excluding hydrogens is 221 g/mol. The topological polar surface area (TPSA) is 56.0 Å². The first-order chi connectivity index (χ1) is 6.45. The van der Waals surface area contributed by atoms with Crippen molar-refractivity contribution in [3.8, 4) is 0 Å². The number of alkyl halides is 2. The smallest absolute Gasteiger partial charge is 0.273 e. The Morgan fingerprint density at radius 2 is 2.14 bits per heavy atom. The fourth-order valence-electron chi connectivity index (χ4n) is 0.829. The molecule has 1 aromatic heterocycles. The number of carbonyl (C=O) groups is 1. The summed E-state index contributed by atoms with van der Waals surface area (Å²) in [6, 6.07) is 0. The number of nitrogens with zero attached hydrogens (tertiary/aromatic N) is 1. The molecule has 1 heterocycles. The summed E-state index contributed by atoms with van der Waals surface area (Å²) in [6.07, 6.45) is -2.50. The van der Waals surface area contributed by atoms with Gasteiger partial charge in [-0.3, -0.25) is 4.79 Å². The normalized spacial score (nSPS) is 10.6. The van der Waals surface area contributed by atoms with Crippen LogP contribution in [0.3, 0.4) is 0 Å². The van der Waals surface area contributed by atoms with Crippen LogP contribution in [0.4, 0.5) is 18.9 Å². The fourth-order valence-corrected chi connectivity index (χ4v) is 0.979. The van der Waals surface area contributed by atoms with E-state index in [2.05, 4.69) is 4.98 Å². The highest BCUT2D eigenvalue weighted by Crippen LogP contribution is 2.26. The lowest BCUT2D eigenvalue weighted by molar-refractivity contribution is 0.107. The number of hydrogen-bond acceptors (Lipinski definition) is 3. The third kappa shape index (κ3) is 1.79. The first kappa shape index (κ1) is 10.8. The van der Waals surface area contributed by atoms with Crippen molar-refractivity contribution in [2.45, 2.75) is 6.43 Å². The Hall–Kier alpha value is -1.30. The van der Waals surface area contributed by atoms with Crippen LogP contribution >= 0.6 is 11.6 Å². The molecule has 1 rings (SSSR count). The van der Waals surface area contributed by atoms with Crippen molar-refractivity contribution in [3.63, 3.8) is 0 Å². The quantitative estimate of drug-likeness (QED) is 0.783. The number of pyridine rings is 1. The van der Waals surface area contributed by atoms with Crippen LogP contribution in [0.5, 0.6) is 0 Å². The average molecular weight is 225 g/mol. The minimum atomic E-state index is -3.04. The second kappa shape index (κ2) is 3.83. The number of halogens is 4. The molecule has 0 atom stereocenters. The highest BCUT2D eigenvalue weighted by Gasteiger charge is 2.21. The van der Waals surface area contributed by atoms with E-state index in [1.807, 2.05) is 0 Å². The maximum Gasteiger partial charge on any atom is 0.273 e. The van der Waals surface area contributed by atoms with Gasteiger partial charge in [0.15, 0.2) is 5.82 Å². The Morgan fingerprint density at radius 1 is 1.57 bits per heavy atom. The molecule has 0 spiro atoms. The summed E-state index contributed by atoms with van der Waals surface area (Å²) in [5.41, 5.74) is 2.77. The lowest BCUT2D eigenvalue weighted by Crippen LogP contribution is -2.07. The van der Waals surface area contributed by atoms with Crippen LogP contribution in [0.15, 0.2) is 6.20 Å². The van der Waals surface area contributed by atoms with E-state index in [1.165, 1.54) is 0 Å². The SMILES string of the molecule is Nc1c(C(=O)Cl)ncc(C(F)F)c1F. The Kier molecular flexibility index (Phi) is 2.95. The highest BCUT2D eigenvalue weighted by atomic mass is 35.5. The second-order valence-corrected chi connectivity index (χ2v) is 2.71. The van der Waals surface area contributed by atoms with Crippen LogP contribution < -0.4 is 5.73 Å². The monoisotopic (exact) mass is 224 g/mol. The number of nitrogens with two attached hydrogens (primary N) is 1. The lowest BCUT2D eigenvalue weighted by atomic mass is 10.2. The molecule has 0 aromatic carbocycles. The standard InChI is InChI=1S/C7H4ClF3N2O/c8-6(14)5-4(12)3(9)2(1-13-5)7(10)11/h1,7H,12H2. The summed E-state index contributed by atoms with van der Waals surface area (Å²) in [5.74, 6) is -1.36. The predicted molar refractivity (Wildman–Crippen MR) is 43.7 cm³/mol. The number of nitrogen functional groups attached to an aromatic ring is 1. The second-order valence-electron chi connectivity index (χ2n) is 2.36. The van der Waals surface area contributed by atoms with E-state index >= 15 is 0 Å². The summed E-state index contributed by atoms with van der Waals surface area (Å²) in [5, 5.41) is -1.10. The van der Waals surface area contributed by atoms with Crippen molar-refractivity contribution in [2.24, 2.45) is 0 Å². The van der Waals surface area contributed by atoms with E-state index in [1.54, 1.807) is 0 Å². The minimum Gasteiger partial charge on any atom is -0.394 e. The maximum atomic E-state index is 13.0. The van der Waals surface area contributed by atoms with Crippen LogP contribution in [-0.4, -0.2) is 10.2 Å². The third-order valence-electron chi connectivity index (χ3n) is 1.50. The average Bonchev–Trinajstić information content (AvgIpc) is 2.08. The molecule has 0 radical (unpaired) electrons. The van der Waals surface area contributed by atoms with E-state index in [-0.39, 0.29) is 0 Å². The van der Waals surface area contributed by atoms with Crippen LogP contribution in [0, 0.1) is 5.82 Å². The first-order valence-corrected chi connectivity index (χ1v) is 3.74. The molecule has 0 saturated heterocycles. The molecule has 0 aliphatic rings. The Bertz CT molecular complexity index is 383. The predicted octanol–water partition coefficient (Wildman–Crippen LogP) is 2.12. The molecular formula is C7H4ClF3N2O. The molecule has 0 fully saturated rings.